The third-order valence-electron chi connectivity index (χ3n) is 3.32. The molecule has 88 valence electrons. The van der Waals surface area contributed by atoms with E-state index in [9.17, 15) is 4.79 Å². The number of nitrogens with one attached hydrogen (secondary N) is 2. The van der Waals surface area contributed by atoms with Gasteiger partial charge in [-0.1, -0.05) is 18.2 Å². The number of aromatic nitrogens is 1. The summed E-state index contributed by atoms with van der Waals surface area (Å²) in [6.45, 7) is 0. The summed E-state index contributed by atoms with van der Waals surface area (Å²) < 4.78 is 0. The summed E-state index contributed by atoms with van der Waals surface area (Å²) in [6.07, 6.45) is 0.431. The van der Waals surface area contributed by atoms with Crippen LogP contribution in [0.15, 0.2) is 35.7 Å². The SMILES string of the molecule is O=C1Cc2c([nH]c3ccccc23)-c2sccc2N1. The zero-order valence-corrected chi connectivity index (χ0v) is 10.3. The van der Waals surface area contributed by atoms with Crippen molar-refractivity contribution in [3.63, 3.8) is 0 Å². The first kappa shape index (κ1) is 9.91. The fourth-order valence-electron chi connectivity index (χ4n) is 2.53. The van der Waals surface area contributed by atoms with Crippen LogP contribution in [-0.4, -0.2) is 10.9 Å². The largest absolute Gasteiger partial charge is 0.354 e. The molecule has 0 atom stereocenters. The van der Waals surface area contributed by atoms with Crippen molar-refractivity contribution in [2.24, 2.45) is 0 Å². The number of aromatic amines is 1. The summed E-state index contributed by atoms with van der Waals surface area (Å²) in [6, 6.07) is 10.1. The Balaban J connectivity index is 2.12. The maximum absolute atomic E-state index is 11.9. The number of para-hydroxylation sites is 1. The van der Waals surface area contributed by atoms with Crippen molar-refractivity contribution in [1.82, 2.24) is 4.98 Å². The molecule has 0 radical (unpaired) electrons. The van der Waals surface area contributed by atoms with Crippen LogP contribution >= 0.6 is 11.3 Å². The number of thiophene rings is 1. The van der Waals surface area contributed by atoms with Gasteiger partial charge in [0.1, 0.15) is 0 Å². The summed E-state index contributed by atoms with van der Waals surface area (Å²) in [4.78, 5) is 16.5. The third kappa shape index (κ3) is 1.26. The molecule has 2 aromatic heterocycles. The minimum atomic E-state index is 0.0538. The second kappa shape index (κ2) is 3.46. The fraction of sp³-hybridized carbons (Fsp3) is 0.0714. The molecular weight excluding hydrogens is 244 g/mol. The Kier molecular flexibility index (Phi) is 1.91. The lowest BCUT2D eigenvalue weighted by atomic mass is 10.1. The predicted molar refractivity (Wildman–Crippen MR) is 73.9 cm³/mol. The standard InChI is InChI=1S/C14H10N2OS/c17-12-7-9-8-3-1-2-4-10(8)16-13(9)14-11(15-12)5-6-18-14/h1-6,16H,7H2,(H,15,17). The molecule has 2 N–H and O–H groups in total. The van der Waals surface area contributed by atoms with E-state index in [0.29, 0.717) is 6.42 Å². The fourth-order valence-corrected chi connectivity index (χ4v) is 3.41. The van der Waals surface area contributed by atoms with E-state index in [0.717, 1.165) is 32.7 Å². The third-order valence-corrected chi connectivity index (χ3v) is 4.25. The summed E-state index contributed by atoms with van der Waals surface area (Å²) in [7, 11) is 0. The van der Waals surface area contributed by atoms with Crippen LogP contribution in [0.3, 0.4) is 0 Å². The highest BCUT2D eigenvalue weighted by Crippen LogP contribution is 2.40. The van der Waals surface area contributed by atoms with Crippen LogP contribution in [0.4, 0.5) is 5.69 Å². The van der Waals surface area contributed by atoms with Gasteiger partial charge in [-0.2, -0.15) is 0 Å². The van der Waals surface area contributed by atoms with Crippen LogP contribution in [0.1, 0.15) is 5.56 Å². The van der Waals surface area contributed by atoms with Crippen LogP contribution in [-0.2, 0) is 11.2 Å². The molecule has 0 aliphatic carbocycles. The summed E-state index contributed by atoms with van der Waals surface area (Å²) in [5.74, 6) is 0.0538. The molecule has 1 aliphatic heterocycles. The summed E-state index contributed by atoms with van der Waals surface area (Å²) in [5.41, 5.74) is 4.19. The maximum Gasteiger partial charge on any atom is 0.228 e. The van der Waals surface area contributed by atoms with Crippen molar-refractivity contribution in [2.75, 3.05) is 5.32 Å². The molecule has 1 aromatic carbocycles. The average molecular weight is 254 g/mol. The van der Waals surface area contributed by atoms with Crippen molar-refractivity contribution in [2.45, 2.75) is 6.42 Å². The van der Waals surface area contributed by atoms with Gasteiger partial charge in [-0.25, -0.2) is 0 Å². The molecule has 3 nitrogen and oxygen atoms in total. The molecule has 18 heavy (non-hydrogen) atoms. The maximum atomic E-state index is 11.9. The minimum absolute atomic E-state index is 0.0538. The molecule has 0 saturated carbocycles. The Morgan fingerprint density at radius 2 is 2.06 bits per heavy atom. The number of fused-ring (bicyclic) bond motifs is 5. The lowest BCUT2D eigenvalue weighted by molar-refractivity contribution is -0.115. The van der Waals surface area contributed by atoms with Gasteiger partial charge in [0.25, 0.3) is 0 Å². The quantitative estimate of drug-likeness (QED) is 0.634. The Hall–Kier alpha value is -2.07. The Bertz CT molecular complexity index is 769. The monoisotopic (exact) mass is 254 g/mol. The highest BCUT2D eigenvalue weighted by Gasteiger charge is 2.23. The van der Waals surface area contributed by atoms with E-state index < -0.39 is 0 Å². The summed E-state index contributed by atoms with van der Waals surface area (Å²) in [5, 5.41) is 6.10. The van der Waals surface area contributed by atoms with E-state index in [1.165, 1.54) is 0 Å². The molecule has 3 aromatic rings. The van der Waals surface area contributed by atoms with Gasteiger partial charge < -0.3 is 10.3 Å². The van der Waals surface area contributed by atoms with Crippen molar-refractivity contribution in [1.29, 1.82) is 0 Å². The highest BCUT2D eigenvalue weighted by atomic mass is 32.1. The van der Waals surface area contributed by atoms with E-state index in [-0.39, 0.29) is 5.91 Å². The molecule has 0 spiro atoms. The highest BCUT2D eigenvalue weighted by molar-refractivity contribution is 7.14. The molecule has 3 heterocycles. The van der Waals surface area contributed by atoms with Crippen LogP contribution in [0.25, 0.3) is 21.5 Å². The Labute approximate surface area is 107 Å². The van der Waals surface area contributed by atoms with Crippen LogP contribution in [0, 0.1) is 0 Å². The van der Waals surface area contributed by atoms with E-state index in [2.05, 4.69) is 22.4 Å². The first-order valence-corrected chi connectivity index (χ1v) is 6.68. The number of hydrogen-bond donors (Lipinski definition) is 2. The van der Waals surface area contributed by atoms with Gasteiger partial charge in [0, 0.05) is 10.9 Å². The van der Waals surface area contributed by atoms with E-state index in [1.807, 2.05) is 23.6 Å². The summed E-state index contributed by atoms with van der Waals surface area (Å²) >= 11 is 1.65. The van der Waals surface area contributed by atoms with Crippen LogP contribution in [0.5, 0.6) is 0 Å². The van der Waals surface area contributed by atoms with Gasteiger partial charge >= 0.3 is 0 Å². The number of benzene rings is 1. The van der Waals surface area contributed by atoms with Gasteiger partial charge in [0.15, 0.2) is 0 Å². The van der Waals surface area contributed by atoms with Crippen molar-refractivity contribution in [3.8, 4) is 10.6 Å². The number of rotatable bonds is 0. The normalized spacial score (nSPS) is 13.9. The molecule has 0 fully saturated rings. The zero-order chi connectivity index (χ0) is 12.1. The first-order chi connectivity index (χ1) is 8.83. The molecule has 0 unspecified atom stereocenters. The topological polar surface area (TPSA) is 44.9 Å². The van der Waals surface area contributed by atoms with Gasteiger partial charge in [0.05, 0.1) is 22.7 Å². The molecular formula is C14H10N2OS. The van der Waals surface area contributed by atoms with Gasteiger partial charge in [-0.05, 0) is 23.1 Å². The van der Waals surface area contributed by atoms with E-state index in [4.69, 9.17) is 0 Å². The predicted octanol–water partition coefficient (Wildman–Crippen LogP) is 3.39. The van der Waals surface area contributed by atoms with E-state index >= 15 is 0 Å². The molecule has 0 saturated heterocycles. The second-order valence-electron chi connectivity index (χ2n) is 4.41. The zero-order valence-electron chi connectivity index (χ0n) is 9.49. The van der Waals surface area contributed by atoms with Crippen molar-refractivity contribution < 1.29 is 4.79 Å². The number of carbonyl (C=O) groups is 1. The Morgan fingerprint density at radius 1 is 1.17 bits per heavy atom. The second-order valence-corrected chi connectivity index (χ2v) is 5.33. The average Bonchev–Trinajstić information content (AvgIpc) is 2.92. The lowest BCUT2D eigenvalue weighted by Crippen LogP contribution is -2.12. The van der Waals surface area contributed by atoms with Gasteiger partial charge in [-0.15, -0.1) is 11.3 Å². The lowest BCUT2D eigenvalue weighted by Gasteiger charge is -1.99. The smallest absolute Gasteiger partial charge is 0.228 e. The molecule has 4 rings (SSSR count). The molecule has 1 amide bonds. The number of carbonyl (C=O) groups excluding carboxylic acids is 1. The minimum Gasteiger partial charge on any atom is -0.354 e. The van der Waals surface area contributed by atoms with Crippen LogP contribution < -0.4 is 5.32 Å². The van der Waals surface area contributed by atoms with Crippen molar-refractivity contribution >= 4 is 33.8 Å². The first-order valence-electron chi connectivity index (χ1n) is 5.80. The molecule has 0 bridgehead atoms. The molecule has 4 heteroatoms. The molecule has 1 aliphatic rings. The van der Waals surface area contributed by atoms with Crippen molar-refractivity contribution in [3.05, 3.63) is 41.3 Å². The number of amides is 1. The van der Waals surface area contributed by atoms with Gasteiger partial charge in [-0.3, -0.25) is 4.79 Å². The van der Waals surface area contributed by atoms with Gasteiger partial charge in [0.2, 0.25) is 5.91 Å². The number of hydrogen-bond acceptors (Lipinski definition) is 2. The van der Waals surface area contributed by atoms with E-state index in [1.54, 1.807) is 11.3 Å². The number of H-pyrrole nitrogens is 1. The number of anilines is 1. The Morgan fingerprint density at radius 3 is 3.00 bits per heavy atom. The van der Waals surface area contributed by atoms with Crippen LogP contribution in [0.2, 0.25) is 0 Å².